The number of nitrogen functional groups attached to an aromatic ring is 1. The Morgan fingerprint density at radius 2 is 1.95 bits per heavy atom. The van der Waals surface area contributed by atoms with E-state index in [0.717, 1.165) is 17.0 Å². The maximum absolute atomic E-state index is 5.74. The van der Waals surface area contributed by atoms with Crippen molar-refractivity contribution in [1.82, 2.24) is 4.98 Å². The first-order chi connectivity index (χ1) is 8.82. The lowest BCUT2D eigenvalue weighted by atomic mass is 9.84. The van der Waals surface area contributed by atoms with Gasteiger partial charge in [0.1, 0.15) is 5.75 Å². The molecule has 0 radical (unpaired) electrons. The Hall–Kier alpha value is -1.55. The molecule has 0 atom stereocenters. The van der Waals surface area contributed by atoms with Gasteiger partial charge in [-0.25, -0.2) is 4.98 Å². The molecule has 0 saturated heterocycles. The number of benzene rings is 1. The molecule has 0 saturated carbocycles. The van der Waals surface area contributed by atoms with E-state index >= 15 is 0 Å². The SMILES string of the molecule is COc1c(-c2csc(N)n2)cc(C)cc1C(C)(C)C. The van der Waals surface area contributed by atoms with Gasteiger partial charge in [0.25, 0.3) is 0 Å². The van der Waals surface area contributed by atoms with Crippen molar-refractivity contribution in [1.29, 1.82) is 0 Å². The molecule has 0 unspecified atom stereocenters. The second-order valence-corrected chi connectivity index (χ2v) is 6.60. The smallest absolute Gasteiger partial charge is 0.180 e. The topological polar surface area (TPSA) is 48.1 Å². The number of aryl methyl sites for hydroxylation is 1. The Morgan fingerprint density at radius 3 is 2.42 bits per heavy atom. The van der Waals surface area contributed by atoms with Gasteiger partial charge >= 0.3 is 0 Å². The van der Waals surface area contributed by atoms with Gasteiger partial charge in [0.2, 0.25) is 0 Å². The van der Waals surface area contributed by atoms with Crippen LogP contribution in [0.1, 0.15) is 31.9 Å². The second-order valence-electron chi connectivity index (χ2n) is 5.71. The van der Waals surface area contributed by atoms with Gasteiger partial charge < -0.3 is 10.5 Å². The molecule has 0 bridgehead atoms. The summed E-state index contributed by atoms with van der Waals surface area (Å²) in [4.78, 5) is 4.37. The van der Waals surface area contributed by atoms with Crippen molar-refractivity contribution in [2.45, 2.75) is 33.1 Å². The summed E-state index contributed by atoms with van der Waals surface area (Å²) in [5.74, 6) is 0.892. The van der Waals surface area contributed by atoms with Crippen molar-refractivity contribution in [3.63, 3.8) is 0 Å². The summed E-state index contributed by atoms with van der Waals surface area (Å²) in [6, 6.07) is 4.28. The van der Waals surface area contributed by atoms with E-state index in [9.17, 15) is 0 Å². The predicted molar refractivity (Wildman–Crippen MR) is 82.0 cm³/mol. The molecular weight excluding hydrogens is 256 g/mol. The maximum Gasteiger partial charge on any atom is 0.180 e. The first kappa shape index (κ1) is 13.9. The Balaban J connectivity index is 2.70. The molecule has 0 aliphatic heterocycles. The highest BCUT2D eigenvalue weighted by molar-refractivity contribution is 7.13. The van der Waals surface area contributed by atoms with Gasteiger partial charge in [0, 0.05) is 16.5 Å². The van der Waals surface area contributed by atoms with E-state index < -0.39 is 0 Å². The summed E-state index contributed by atoms with van der Waals surface area (Å²) in [5, 5.41) is 2.55. The minimum absolute atomic E-state index is 0.0215. The zero-order valence-corrected chi connectivity index (χ0v) is 12.9. The van der Waals surface area contributed by atoms with E-state index in [2.05, 4.69) is 44.8 Å². The van der Waals surface area contributed by atoms with E-state index in [0.29, 0.717) is 5.13 Å². The van der Waals surface area contributed by atoms with Crippen LogP contribution in [-0.4, -0.2) is 12.1 Å². The van der Waals surface area contributed by atoms with Gasteiger partial charge in [0.05, 0.1) is 12.8 Å². The van der Waals surface area contributed by atoms with Gasteiger partial charge in [-0.15, -0.1) is 11.3 Å². The molecule has 1 aromatic heterocycles. The van der Waals surface area contributed by atoms with E-state index in [1.807, 2.05) is 5.38 Å². The van der Waals surface area contributed by atoms with Crippen LogP contribution in [0.2, 0.25) is 0 Å². The fourth-order valence-electron chi connectivity index (χ4n) is 2.15. The molecule has 0 aliphatic carbocycles. The van der Waals surface area contributed by atoms with Crippen LogP contribution < -0.4 is 10.5 Å². The van der Waals surface area contributed by atoms with Crippen molar-refractivity contribution in [2.24, 2.45) is 0 Å². The monoisotopic (exact) mass is 276 g/mol. The number of hydrogen-bond acceptors (Lipinski definition) is 4. The highest BCUT2D eigenvalue weighted by Gasteiger charge is 2.23. The van der Waals surface area contributed by atoms with Crippen LogP contribution in [0.4, 0.5) is 5.13 Å². The van der Waals surface area contributed by atoms with Crippen LogP contribution in [0.3, 0.4) is 0 Å². The molecule has 2 aromatic rings. The van der Waals surface area contributed by atoms with E-state index in [1.54, 1.807) is 7.11 Å². The van der Waals surface area contributed by atoms with Gasteiger partial charge in [-0.2, -0.15) is 0 Å². The van der Waals surface area contributed by atoms with Crippen molar-refractivity contribution in [3.05, 3.63) is 28.6 Å². The summed E-state index contributed by atoms with van der Waals surface area (Å²) >= 11 is 1.45. The normalized spacial score (nSPS) is 11.6. The quantitative estimate of drug-likeness (QED) is 0.901. The summed E-state index contributed by atoms with van der Waals surface area (Å²) in [5.41, 5.74) is 10.0. The molecule has 0 fully saturated rings. The molecule has 0 aliphatic rings. The molecule has 102 valence electrons. The third-order valence-corrected chi connectivity index (χ3v) is 3.72. The molecule has 0 spiro atoms. The molecular formula is C15H20N2OS. The number of thiazole rings is 1. The van der Waals surface area contributed by atoms with Gasteiger partial charge in [-0.1, -0.05) is 26.8 Å². The number of anilines is 1. The van der Waals surface area contributed by atoms with Crippen molar-refractivity contribution >= 4 is 16.5 Å². The zero-order chi connectivity index (χ0) is 14.2. The fourth-order valence-corrected chi connectivity index (χ4v) is 2.71. The van der Waals surface area contributed by atoms with Crippen LogP contribution in [0, 0.1) is 6.92 Å². The number of aromatic nitrogens is 1. The number of methoxy groups -OCH3 is 1. The standard InChI is InChI=1S/C15H20N2OS/c1-9-6-10(12-8-19-14(16)17-12)13(18-5)11(7-9)15(2,3)4/h6-8H,1-5H3,(H2,16,17). The lowest BCUT2D eigenvalue weighted by Crippen LogP contribution is -2.13. The number of rotatable bonds is 2. The summed E-state index contributed by atoms with van der Waals surface area (Å²) in [6.45, 7) is 8.64. The Morgan fingerprint density at radius 1 is 1.26 bits per heavy atom. The van der Waals surface area contributed by atoms with Crippen LogP contribution >= 0.6 is 11.3 Å². The van der Waals surface area contributed by atoms with E-state index in [4.69, 9.17) is 10.5 Å². The Bertz CT molecular complexity index is 597. The molecule has 1 aromatic carbocycles. The number of hydrogen-bond donors (Lipinski definition) is 1. The molecule has 4 heteroatoms. The molecule has 0 amide bonds. The van der Waals surface area contributed by atoms with Crippen LogP contribution in [-0.2, 0) is 5.41 Å². The number of ether oxygens (including phenoxy) is 1. The predicted octanol–water partition coefficient (Wildman–Crippen LogP) is 4.01. The second kappa shape index (κ2) is 4.85. The first-order valence-electron chi connectivity index (χ1n) is 6.23. The lowest BCUT2D eigenvalue weighted by Gasteiger charge is -2.24. The minimum atomic E-state index is 0.0215. The van der Waals surface area contributed by atoms with Crippen molar-refractivity contribution in [3.8, 4) is 17.0 Å². The highest BCUT2D eigenvalue weighted by Crippen LogP contribution is 2.40. The maximum atomic E-state index is 5.74. The van der Waals surface area contributed by atoms with Gasteiger partial charge in [-0.05, 0) is 24.0 Å². The van der Waals surface area contributed by atoms with Crippen LogP contribution in [0.25, 0.3) is 11.3 Å². The average molecular weight is 276 g/mol. The summed E-state index contributed by atoms with van der Waals surface area (Å²) < 4.78 is 5.65. The molecule has 3 nitrogen and oxygen atoms in total. The Kier molecular flexibility index (Phi) is 3.54. The van der Waals surface area contributed by atoms with Crippen LogP contribution in [0.5, 0.6) is 5.75 Å². The van der Waals surface area contributed by atoms with Gasteiger partial charge in [-0.3, -0.25) is 0 Å². The largest absolute Gasteiger partial charge is 0.496 e. The van der Waals surface area contributed by atoms with Gasteiger partial charge in [0.15, 0.2) is 5.13 Å². The Labute approximate surface area is 118 Å². The lowest BCUT2D eigenvalue weighted by molar-refractivity contribution is 0.399. The molecule has 2 rings (SSSR count). The van der Waals surface area contributed by atoms with Crippen molar-refractivity contribution < 1.29 is 4.74 Å². The average Bonchev–Trinajstić information content (AvgIpc) is 2.73. The fraction of sp³-hybridized carbons (Fsp3) is 0.400. The number of nitrogens with zero attached hydrogens (tertiary/aromatic N) is 1. The zero-order valence-electron chi connectivity index (χ0n) is 12.1. The summed E-state index contributed by atoms with van der Waals surface area (Å²) in [7, 11) is 1.71. The molecule has 1 heterocycles. The molecule has 2 N–H and O–H groups in total. The highest BCUT2D eigenvalue weighted by atomic mass is 32.1. The summed E-state index contributed by atoms with van der Waals surface area (Å²) in [6.07, 6.45) is 0. The third-order valence-electron chi connectivity index (χ3n) is 3.04. The van der Waals surface area contributed by atoms with E-state index in [-0.39, 0.29) is 5.41 Å². The third kappa shape index (κ3) is 2.73. The number of nitrogens with two attached hydrogens (primary N) is 1. The van der Waals surface area contributed by atoms with E-state index in [1.165, 1.54) is 22.5 Å². The minimum Gasteiger partial charge on any atom is -0.496 e. The first-order valence-corrected chi connectivity index (χ1v) is 7.11. The van der Waals surface area contributed by atoms with Crippen LogP contribution in [0.15, 0.2) is 17.5 Å². The van der Waals surface area contributed by atoms with Crippen molar-refractivity contribution in [2.75, 3.05) is 12.8 Å². The molecule has 19 heavy (non-hydrogen) atoms.